The van der Waals surface area contributed by atoms with E-state index in [1.165, 1.54) is 12.1 Å². The minimum atomic E-state index is -0.623. The van der Waals surface area contributed by atoms with E-state index in [0.717, 1.165) is 22.7 Å². The molecule has 0 atom stereocenters. The van der Waals surface area contributed by atoms with Crippen LogP contribution < -0.4 is 14.8 Å². The molecule has 0 spiro atoms. The van der Waals surface area contributed by atoms with Crippen molar-refractivity contribution in [2.75, 3.05) is 18.5 Å². The summed E-state index contributed by atoms with van der Waals surface area (Å²) in [6, 6.07) is 8.89. The first-order valence-corrected chi connectivity index (χ1v) is 11.3. The predicted octanol–water partition coefficient (Wildman–Crippen LogP) is 5.34. The summed E-state index contributed by atoms with van der Waals surface area (Å²) in [5.74, 6) is -0.721. The minimum Gasteiger partial charge on any atom is -0.490 e. The molecule has 1 aliphatic rings. The average molecular weight is 493 g/mol. The van der Waals surface area contributed by atoms with Crippen molar-refractivity contribution in [2.24, 2.45) is 0 Å². The van der Waals surface area contributed by atoms with Gasteiger partial charge in [0.1, 0.15) is 12.4 Å². The summed E-state index contributed by atoms with van der Waals surface area (Å²) in [7, 11) is 0. The van der Waals surface area contributed by atoms with Gasteiger partial charge in [0.2, 0.25) is 5.91 Å². The Hall–Kier alpha value is -3.04. The van der Waals surface area contributed by atoms with Gasteiger partial charge in [-0.05, 0) is 74.5 Å². The first-order chi connectivity index (χ1) is 15.7. The van der Waals surface area contributed by atoms with E-state index in [4.69, 9.17) is 21.1 Å². The lowest BCUT2D eigenvalue weighted by Gasteiger charge is -2.15. The van der Waals surface area contributed by atoms with Gasteiger partial charge in [-0.1, -0.05) is 17.7 Å². The van der Waals surface area contributed by atoms with Crippen LogP contribution in [-0.2, 0) is 9.59 Å². The number of nitrogens with zero attached hydrogens (tertiary/aromatic N) is 1. The van der Waals surface area contributed by atoms with Crippen LogP contribution in [0, 0.1) is 5.82 Å². The van der Waals surface area contributed by atoms with Crippen LogP contribution in [0.3, 0.4) is 0 Å². The van der Waals surface area contributed by atoms with Crippen LogP contribution >= 0.6 is 23.4 Å². The Bertz CT molecular complexity index is 1120. The quantitative estimate of drug-likeness (QED) is 0.501. The summed E-state index contributed by atoms with van der Waals surface area (Å²) in [5, 5.41) is 1.77. The predicted molar refractivity (Wildman–Crippen MR) is 126 cm³/mol. The number of nitrogens with one attached hydrogen (secondary N) is 1. The second-order valence-electron chi connectivity index (χ2n) is 7.25. The van der Waals surface area contributed by atoms with Gasteiger partial charge in [-0.25, -0.2) is 4.39 Å². The van der Waals surface area contributed by atoms with Crippen molar-refractivity contribution in [1.82, 2.24) is 4.90 Å². The van der Waals surface area contributed by atoms with Crippen molar-refractivity contribution in [1.29, 1.82) is 0 Å². The molecule has 0 aliphatic carbocycles. The monoisotopic (exact) mass is 492 g/mol. The van der Waals surface area contributed by atoms with Crippen LogP contribution in [0.5, 0.6) is 11.5 Å². The third-order valence-electron chi connectivity index (χ3n) is 4.31. The smallest absolute Gasteiger partial charge is 0.294 e. The zero-order chi connectivity index (χ0) is 24.1. The van der Waals surface area contributed by atoms with Gasteiger partial charge in [-0.2, -0.15) is 0 Å². The lowest BCUT2D eigenvalue weighted by atomic mass is 10.1. The maximum Gasteiger partial charge on any atom is 0.294 e. The highest BCUT2D eigenvalue weighted by Crippen LogP contribution is 2.35. The number of anilines is 1. The van der Waals surface area contributed by atoms with Crippen molar-refractivity contribution < 1.29 is 28.2 Å². The molecule has 0 aromatic heterocycles. The van der Waals surface area contributed by atoms with Crippen molar-refractivity contribution in [2.45, 2.75) is 26.9 Å². The number of benzene rings is 2. The molecule has 2 aromatic carbocycles. The molecule has 0 radical (unpaired) electrons. The Balaban J connectivity index is 1.73. The van der Waals surface area contributed by atoms with Gasteiger partial charge < -0.3 is 14.8 Å². The minimum absolute atomic E-state index is 0.0383. The summed E-state index contributed by atoms with van der Waals surface area (Å²) in [6.45, 7) is 5.61. The Morgan fingerprint density at radius 1 is 1.21 bits per heavy atom. The van der Waals surface area contributed by atoms with E-state index in [-0.39, 0.29) is 21.7 Å². The summed E-state index contributed by atoms with van der Waals surface area (Å²) >= 11 is 6.44. The molecule has 0 bridgehead atoms. The molecular weight excluding hydrogens is 471 g/mol. The van der Waals surface area contributed by atoms with Crippen LogP contribution in [0.25, 0.3) is 6.08 Å². The number of hydrogen-bond acceptors (Lipinski definition) is 6. The van der Waals surface area contributed by atoms with Crippen LogP contribution in [-0.4, -0.2) is 41.2 Å². The molecule has 1 N–H and O–H groups in total. The van der Waals surface area contributed by atoms with E-state index in [0.29, 0.717) is 23.7 Å². The number of hydrogen-bond donors (Lipinski definition) is 1. The normalized spacial score (nSPS) is 14.8. The van der Waals surface area contributed by atoms with E-state index in [1.54, 1.807) is 24.3 Å². The van der Waals surface area contributed by atoms with Gasteiger partial charge in [-0.15, -0.1) is 0 Å². The highest BCUT2D eigenvalue weighted by atomic mass is 35.5. The third-order valence-corrected chi connectivity index (χ3v) is 5.50. The molecule has 1 heterocycles. The van der Waals surface area contributed by atoms with Gasteiger partial charge in [0.15, 0.2) is 11.5 Å². The van der Waals surface area contributed by atoms with Gasteiger partial charge >= 0.3 is 0 Å². The molecule has 10 heteroatoms. The second kappa shape index (κ2) is 10.7. The van der Waals surface area contributed by atoms with Crippen LogP contribution in [0.1, 0.15) is 26.3 Å². The maximum atomic E-state index is 13.3. The van der Waals surface area contributed by atoms with Crippen molar-refractivity contribution in [3.8, 4) is 11.5 Å². The molecule has 1 fully saturated rings. The Kier molecular flexibility index (Phi) is 7.99. The largest absolute Gasteiger partial charge is 0.490 e. The fourth-order valence-corrected chi connectivity index (χ4v) is 3.96. The molecule has 0 saturated carbocycles. The van der Waals surface area contributed by atoms with Crippen molar-refractivity contribution >= 4 is 52.2 Å². The summed E-state index contributed by atoms with van der Waals surface area (Å²) < 4.78 is 24.6. The summed E-state index contributed by atoms with van der Waals surface area (Å²) in [4.78, 5) is 38.4. The topological polar surface area (TPSA) is 84.9 Å². The summed E-state index contributed by atoms with van der Waals surface area (Å²) in [6.07, 6.45) is 1.52. The van der Waals surface area contributed by atoms with Gasteiger partial charge in [0.25, 0.3) is 11.1 Å². The molecule has 1 aliphatic heterocycles. The number of rotatable bonds is 8. The molecular formula is C23H22ClFN2O5S. The fourth-order valence-electron chi connectivity index (χ4n) is 2.94. The van der Waals surface area contributed by atoms with Gasteiger partial charge in [-0.3, -0.25) is 19.3 Å². The first-order valence-electron chi connectivity index (χ1n) is 10.1. The number of carbonyl (C=O) groups excluding carboxylic acids is 3. The van der Waals surface area contributed by atoms with Crippen LogP contribution in [0.15, 0.2) is 41.3 Å². The lowest BCUT2D eigenvalue weighted by Crippen LogP contribution is -2.36. The van der Waals surface area contributed by atoms with E-state index in [9.17, 15) is 18.8 Å². The number of carbonyl (C=O) groups is 3. The highest BCUT2D eigenvalue weighted by Gasteiger charge is 2.36. The Labute approximate surface area is 199 Å². The number of halogens is 2. The van der Waals surface area contributed by atoms with Crippen LogP contribution in [0.4, 0.5) is 14.9 Å². The third kappa shape index (κ3) is 6.27. The lowest BCUT2D eigenvalue weighted by molar-refractivity contribution is -0.127. The molecule has 3 amide bonds. The van der Waals surface area contributed by atoms with Gasteiger partial charge in [0, 0.05) is 5.69 Å². The number of thioether (sulfide) groups is 1. The first kappa shape index (κ1) is 24.6. The zero-order valence-electron chi connectivity index (χ0n) is 18.2. The molecule has 3 rings (SSSR count). The zero-order valence-corrected chi connectivity index (χ0v) is 19.8. The fraction of sp³-hybridized carbons (Fsp3) is 0.261. The van der Waals surface area contributed by atoms with E-state index < -0.39 is 29.4 Å². The number of ether oxygens (including phenoxy) is 2. The number of amides is 3. The Morgan fingerprint density at radius 3 is 2.64 bits per heavy atom. The van der Waals surface area contributed by atoms with E-state index >= 15 is 0 Å². The SMILES string of the molecule is CCOc1cc(/C=C2/SC(=O)N(CC(=O)Nc3ccc(F)c(Cl)c3)C2=O)ccc1OC(C)C. The Morgan fingerprint density at radius 2 is 1.97 bits per heavy atom. The van der Waals surface area contributed by atoms with Crippen molar-refractivity contribution in [3.05, 3.63) is 57.7 Å². The summed E-state index contributed by atoms with van der Waals surface area (Å²) in [5.41, 5.74) is 0.895. The van der Waals surface area contributed by atoms with Crippen molar-refractivity contribution in [3.63, 3.8) is 0 Å². The highest BCUT2D eigenvalue weighted by molar-refractivity contribution is 8.18. The van der Waals surface area contributed by atoms with Crippen LogP contribution in [0.2, 0.25) is 5.02 Å². The number of imide groups is 1. The standard InChI is InChI=1S/C23H22ClFN2O5S/c1-4-31-19-9-14(5-8-18(19)32-13(2)3)10-20-22(29)27(23(30)33-20)12-21(28)26-15-6-7-17(25)16(24)11-15/h5-11,13H,4,12H2,1-3H3,(H,26,28)/b20-10+. The molecule has 0 unspecified atom stereocenters. The molecule has 1 saturated heterocycles. The molecule has 2 aromatic rings. The van der Waals surface area contributed by atoms with Gasteiger partial charge in [0.05, 0.1) is 22.6 Å². The van der Waals surface area contributed by atoms with E-state index in [1.807, 2.05) is 20.8 Å². The second-order valence-corrected chi connectivity index (χ2v) is 8.65. The maximum absolute atomic E-state index is 13.3. The molecule has 7 nitrogen and oxygen atoms in total. The average Bonchev–Trinajstić information content (AvgIpc) is 3.00. The molecule has 33 heavy (non-hydrogen) atoms. The molecule has 174 valence electrons. The van der Waals surface area contributed by atoms with E-state index in [2.05, 4.69) is 5.32 Å².